The summed E-state index contributed by atoms with van der Waals surface area (Å²) >= 11 is 0. The van der Waals surface area contributed by atoms with E-state index in [2.05, 4.69) is 0 Å². The molecule has 0 bridgehead atoms. The highest BCUT2D eigenvalue weighted by atomic mass is 32.2. The molecule has 0 saturated heterocycles. The first-order chi connectivity index (χ1) is 8.82. The van der Waals surface area contributed by atoms with Crippen molar-refractivity contribution in [2.75, 3.05) is 13.6 Å². The molecule has 0 aliphatic rings. The molecule has 5 heteroatoms. The Hall–Kier alpha value is -0.910. The van der Waals surface area contributed by atoms with E-state index < -0.39 is 10.0 Å². The lowest BCUT2D eigenvalue weighted by molar-refractivity contribution is 0.281. The van der Waals surface area contributed by atoms with Gasteiger partial charge in [-0.05, 0) is 29.5 Å². The zero-order chi connectivity index (χ0) is 14.6. The molecule has 1 rings (SSSR count). The van der Waals surface area contributed by atoms with Gasteiger partial charge in [0.05, 0.1) is 11.5 Å². The van der Waals surface area contributed by atoms with Crippen LogP contribution in [0.3, 0.4) is 0 Å². The van der Waals surface area contributed by atoms with E-state index in [-0.39, 0.29) is 12.5 Å². The van der Waals surface area contributed by atoms with Gasteiger partial charge in [-0.1, -0.05) is 32.9 Å². The molecule has 0 radical (unpaired) electrons. The van der Waals surface area contributed by atoms with E-state index in [0.717, 1.165) is 5.56 Å². The Morgan fingerprint density at radius 3 is 2.42 bits per heavy atom. The minimum Gasteiger partial charge on any atom is -0.392 e. The summed E-state index contributed by atoms with van der Waals surface area (Å²) < 4.78 is 26.5. The van der Waals surface area contributed by atoms with Gasteiger partial charge >= 0.3 is 0 Å². The van der Waals surface area contributed by atoms with Crippen molar-refractivity contribution in [3.8, 4) is 0 Å². The summed E-state index contributed by atoms with van der Waals surface area (Å²) in [7, 11) is -1.89. The van der Waals surface area contributed by atoms with Gasteiger partial charge < -0.3 is 5.11 Å². The molecule has 0 atom stereocenters. The average molecular weight is 285 g/mol. The first-order valence-corrected chi connectivity index (χ1v) is 7.95. The quantitative estimate of drug-likeness (QED) is 0.870. The van der Waals surface area contributed by atoms with Gasteiger partial charge in [0.15, 0.2) is 0 Å². The van der Waals surface area contributed by atoms with Crippen LogP contribution in [0.4, 0.5) is 0 Å². The van der Waals surface area contributed by atoms with Crippen molar-refractivity contribution >= 4 is 10.0 Å². The number of aliphatic hydroxyl groups is 1. The minimum atomic E-state index is -3.49. The summed E-state index contributed by atoms with van der Waals surface area (Å²) in [5.41, 5.74) is 1.40. The van der Waals surface area contributed by atoms with Crippen LogP contribution in [0, 0.1) is 5.92 Å². The van der Waals surface area contributed by atoms with Gasteiger partial charge in [0.2, 0.25) is 10.0 Å². The third-order valence-electron chi connectivity index (χ3n) is 3.01. The fourth-order valence-corrected chi connectivity index (χ4v) is 3.68. The van der Waals surface area contributed by atoms with E-state index in [1.165, 1.54) is 4.31 Å². The van der Waals surface area contributed by atoms with Crippen LogP contribution < -0.4 is 0 Å². The lowest BCUT2D eigenvalue weighted by atomic mass is 10.1. The first kappa shape index (κ1) is 16.1. The molecule has 0 heterocycles. The molecule has 1 aromatic rings. The molecule has 0 saturated carbocycles. The number of sulfonamides is 1. The summed E-state index contributed by atoms with van der Waals surface area (Å²) in [4.78, 5) is 0.310. The molecule has 19 heavy (non-hydrogen) atoms. The van der Waals surface area contributed by atoms with Crippen LogP contribution in [0.15, 0.2) is 23.1 Å². The van der Waals surface area contributed by atoms with Crippen LogP contribution >= 0.6 is 0 Å². The van der Waals surface area contributed by atoms with Crippen LogP contribution in [-0.2, 0) is 23.1 Å². The van der Waals surface area contributed by atoms with Gasteiger partial charge in [0.1, 0.15) is 0 Å². The fourth-order valence-electron chi connectivity index (χ4n) is 2.01. The van der Waals surface area contributed by atoms with Crippen molar-refractivity contribution < 1.29 is 13.5 Å². The van der Waals surface area contributed by atoms with E-state index in [9.17, 15) is 8.42 Å². The molecule has 1 N–H and O–H groups in total. The average Bonchev–Trinajstić information content (AvgIpc) is 2.37. The molecule has 0 spiro atoms. The lowest BCUT2D eigenvalue weighted by Crippen LogP contribution is -2.31. The molecule has 0 aliphatic carbocycles. The topological polar surface area (TPSA) is 57.6 Å². The number of hydrogen-bond donors (Lipinski definition) is 1. The van der Waals surface area contributed by atoms with Crippen molar-refractivity contribution in [2.24, 2.45) is 5.92 Å². The van der Waals surface area contributed by atoms with E-state index in [4.69, 9.17) is 5.11 Å². The molecule has 0 unspecified atom stereocenters. The zero-order valence-corrected chi connectivity index (χ0v) is 12.9. The first-order valence-electron chi connectivity index (χ1n) is 6.51. The summed E-state index contributed by atoms with van der Waals surface area (Å²) in [6, 6.07) is 5.12. The molecular formula is C14H23NO3S. The number of nitrogens with zero attached hydrogens (tertiary/aromatic N) is 1. The Morgan fingerprint density at radius 2 is 1.95 bits per heavy atom. The second kappa shape index (κ2) is 6.50. The second-order valence-corrected chi connectivity index (χ2v) is 7.15. The molecule has 1 aromatic carbocycles. The molecule has 0 aliphatic heterocycles. The molecule has 4 nitrogen and oxygen atoms in total. The Labute approximate surface area is 116 Å². The standard InChI is InChI=1S/C14H23NO3S/c1-5-13-7-6-12(10-16)8-14(13)19(17,18)15(4)9-11(2)3/h6-8,11,16H,5,9-10H2,1-4H3. The molecule has 0 aromatic heterocycles. The zero-order valence-electron chi connectivity index (χ0n) is 12.0. The Bertz CT molecular complexity index is 523. The van der Waals surface area contributed by atoms with Crippen molar-refractivity contribution in [1.29, 1.82) is 0 Å². The largest absolute Gasteiger partial charge is 0.392 e. The molecule has 0 fully saturated rings. The highest BCUT2D eigenvalue weighted by Gasteiger charge is 2.24. The van der Waals surface area contributed by atoms with E-state index in [1.807, 2.05) is 20.8 Å². The lowest BCUT2D eigenvalue weighted by Gasteiger charge is -2.21. The summed E-state index contributed by atoms with van der Waals surface area (Å²) in [5.74, 6) is 0.269. The minimum absolute atomic E-state index is 0.152. The predicted octanol–water partition coefficient (Wildman–Crippen LogP) is 2.02. The number of benzene rings is 1. The highest BCUT2D eigenvalue weighted by Crippen LogP contribution is 2.22. The fraction of sp³-hybridized carbons (Fsp3) is 0.571. The van der Waals surface area contributed by atoms with E-state index in [0.29, 0.717) is 23.4 Å². The molecule has 108 valence electrons. The normalized spacial score (nSPS) is 12.4. The van der Waals surface area contributed by atoms with E-state index >= 15 is 0 Å². The van der Waals surface area contributed by atoms with Gasteiger partial charge in [-0.15, -0.1) is 0 Å². The number of rotatable bonds is 6. The summed E-state index contributed by atoms with van der Waals surface area (Å²) in [6.07, 6.45) is 0.649. The Balaban J connectivity index is 3.26. The van der Waals surface area contributed by atoms with Crippen molar-refractivity contribution in [1.82, 2.24) is 4.31 Å². The van der Waals surface area contributed by atoms with Gasteiger partial charge in [0.25, 0.3) is 0 Å². The third-order valence-corrected chi connectivity index (χ3v) is 4.91. The van der Waals surface area contributed by atoms with Gasteiger partial charge in [0, 0.05) is 13.6 Å². The molecular weight excluding hydrogens is 262 g/mol. The molecule has 0 amide bonds. The highest BCUT2D eigenvalue weighted by molar-refractivity contribution is 7.89. The monoisotopic (exact) mass is 285 g/mol. The maximum Gasteiger partial charge on any atom is 0.243 e. The maximum atomic E-state index is 12.6. The maximum absolute atomic E-state index is 12.6. The van der Waals surface area contributed by atoms with Crippen molar-refractivity contribution in [3.63, 3.8) is 0 Å². The van der Waals surface area contributed by atoms with Gasteiger partial charge in [-0.25, -0.2) is 12.7 Å². The van der Waals surface area contributed by atoms with Crippen LogP contribution in [0.1, 0.15) is 31.9 Å². The SMILES string of the molecule is CCc1ccc(CO)cc1S(=O)(=O)N(C)CC(C)C. The Morgan fingerprint density at radius 1 is 1.32 bits per heavy atom. The van der Waals surface area contributed by atoms with Crippen molar-refractivity contribution in [3.05, 3.63) is 29.3 Å². The second-order valence-electron chi connectivity index (χ2n) is 5.13. The summed E-state index contributed by atoms with van der Waals surface area (Å²) in [6.45, 7) is 6.22. The Kier molecular flexibility index (Phi) is 5.52. The number of aliphatic hydroxyl groups excluding tert-OH is 1. The predicted molar refractivity (Wildman–Crippen MR) is 76.4 cm³/mol. The third kappa shape index (κ3) is 3.78. The van der Waals surface area contributed by atoms with Crippen LogP contribution in [-0.4, -0.2) is 31.4 Å². The van der Waals surface area contributed by atoms with Gasteiger partial charge in [-0.2, -0.15) is 0 Å². The number of aryl methyl sites for hydroxylation is 1. The van der Waals surface area contributed by atoms with Crippen LogP contribution in [0.5, 0.6) is 0 Å². The number of hydrogen-bond acceptors (Lipinski definition) is 3. The van der Waals surface area contributed by atoms with Gasteiger partial charge in [-0.3, -0.25) is 0 Å². The summed E-state index contributed by atoms with van der Waals surface area (Å²) in [5, 5.41) is 9.17. The van der Waals surface area contributed by atoms with Crippen LogP contribution in [0.25, 0.3) is 0 Å². The van der Waals surface area contributed by atoms with E-state index in [1.54, 1.807) is 25.2 Å². The smallest absolute Gasteiger partial charge is 0.243 e. The van der Waals surface area contributed by atoms with Crippen molar-refractivity contribution in [2.45, 2.75) is 38.7 Å². The van der Waals surface area contributed by atoms with Crippen LogP contribution in [0.2, 0.25) is 0 Å².